The SMILES string of the molecule is CC(C)[C@H]1C(=O)N[C@H](COCCC(C)(C)C)Cc2cn(CCC(C)(C)C)c3cccc(c23)N1C. The molecule has 5 heteroatoms. The van der Waals surface area contributed by atoms with Crippen LogP contribution in [0.3, 0.4) is 0 Å². The lowest BCUT2D eigenvalue weighted by molar-refractivity contribution is -0.124. The Bertz CT molecular complexity index is 978. The lowest BCUT2D eigenvalue weighted by Gasteiger charge is -2.33. The minimum atomic E-state index is -0.230. The van der Waals surface area contributed by atoms with E-state index in [9.17, 15) is 4.79 Å². The van der Waals surface area contributed by atoms with Crippen LogP contribution in [0.2, 0.25) is 0 Å². The van der Waals surface area contributed by atoms with Crippen LogP contribution in [0.4, 0.5) is 5.69 Å². The summed E-state index contributed by atoms with van der Waals surface area (Å²) >= 11 is 0. The normalized spacial score (nSPS) is 19.8. The summed E-state index contributed by atoms with van der Waals surface area (Å²) in [5, 5.41) is 4.63. The zero-order chi connectivity index (χ0) is 25.3. The van der Waals surface area contributed by atoms with Gasteiger partial charge in [0.15, 0.2) is 0 Å². The number of hydrogen-bond acceptors (Lipinski definition) is 3. The molecule has 0 radical (unpaired) electrons. The van der Waals surface area contributed by atoms with E-state index in [0.29, 0.717) is 13.2 Å². The Balaban J connectivity index is 1.99. The summed E-state index contributed by atoms with van der Waals surface area (Å²) in [5.74, 6) is 0.275. The summed E-state index contributed by atoms with van der Waals surface area (Å²) in [6.07, 6.45) is 5.20. The third kappa shape index (κ3) is 6.56. The van der Waals surface area contributed by atoms with Crippen LogP contribution in [0.1, 0.15) is 73.8 Å². The Labute approximate surface area is 207 Å². The fourth-order valence-electron chi connectivity index (χ4n) is 4.89. The lowest BCUT2D eigenvalue weighted by atomic mass is 9.92. The van der Waals surface area contributed by atoms with Crippen molar-refractivity contribution in [2.45, 2.75) is 93.3 Å². The van der Waals surface area contributed by atoms with Crippen LogP contribution >= 0.6 is 0 Å². The van der Waals surface area contributed by atoms with Crippen molar-refractivity contribution in [3.8, 4) is 0 Å². The molecule has 34 heavy (non-hydrogen) atoms. The summed E-state index contributed by atoms with van der Waals surface area (Å²) in [7, 11) is 2.06. The van der Waals surface area contributed by atoms with Crippen molar-refractivity contribution in [2.75, 3.05) is 25.2 Å². The van der Waals surface area contributed by atoms with E-state index in [4.69, 9.17) is 4.74 Å². The minimum Gasteiger partial charge on any atom is -0.379 e. The molecule has 2 heterocycles. The van der Waals surface area contributed by atoms with Crippen LogP contribution in [0.15, 0.2) is 24.4 Å². The maximum absolute atomic E-state index is 13.4. The molecule has 190 valence electrons. The second kappa shape index (κ2) is 10.3. The van der Waals surface area contributed by atoms with E-state index in [-0.39, 0.29) is 34.7 Å². The van der Waals surface area contributed by atoms with Crippen LogP contribution in [0.25, 0.3) is 10.9 Å². The Morgan fingerprint density at radius 2 is 1.76 bits per heavy atom. The second-order valence-electron chi connectivity index (χ2n) is 12.9. The standard InChI is InChI=1S/C29H47N3O2/c1-20(2)26-27(33)30-22(19-34-16-14-29(6,7)8)17-21-18-32(15-13-28(3,4)5)24-12-10-11-23(25(21)24)31(26)9/h10-12,18,20,22,26H,13-17,19H2,1-9H3,(H,30,33)/t22-,26-/m0/s1. The van der Waals surface area contributed by atoms with Gasteiger partial charge in [0, 0.05) is 37.5 Å². The van der Waals surface area contributed by atoms with Gasteiger partial charge >= 0.3 is 0 Å². The number of nitrogens with one attached hydrogen (secondary N) is 1. The van der Waals surface area contributed by atoms with E-state index < -0.39 is 0 Å². The summed E-state index contributed by atoms with van der Waals surface area (Å²) in [6.45, 7) is 20.1. The maximum atomic E-state index is 13.4. The molecule has 1 aromatic carbocycles. The van der Waals surface area contributed by atoms with E-state index in [1.165, 1.54) is 16.5 Å². The molecule has 1 amide bonds. The summed E-state index contributed by atoms with van der Waals surface area (Å²) < 4.78 is 8.52. The monoisotopic (exact) mass is 469 g/mol. The number of carbonyl (C=O) groups is 1. The summed E-state index contributed by atoms with van der Waals surface area (Å²) in [4.78, 5) is 15.6. The fraction of sp³-hybridized carbons (Fsp3) is 0.690. The highest BCUT2D eigenvalue weighted by Gasteiger charge is 2.32. The predicted octanol–water partition coefficient (Wildman–Crippen LogP) is 6.03. The molecular formula is C29H47N3O2. The zero-order valence-electron chi connectivity index (χ0n) is 23.0. The molecule has 3 rings (SSSR count). The molecule has 2 aromatic rings. The third-order valence-electron chi connectivity index (χ3n) is 6.89. The van der Waals surface area contributed by atoms with E-state index in [1.807, 2.05) is 0 Å². The van der Waals surface area contributed by atoms with Gasteiger partial charge in [-0.1, -0.05) is 61.5 Å². The average Bonchev–Trinajstić information content (AvgIpc) is 3.06. The van der Waals surface area contributed by atoms with E-state index >= 15 is 0 Å². The Kier molecular flexibility index (Phi) is 8.07. The first kappa shape index (κ1) is 26.6. The van der Waals surface area contributed by atoms with Crippen molar-refractivity contribution in [3.05, 3.63) is 30.0 Å². The minimum absolute atomic E-state index is 0.0464. The van der Waals surface area contributed by atoms with Crippen LogP contribution in [0, 0.1) is 16.7 Å². The van der Waals surface area contributed by atoms with Gasteiger partial charge in [-0.25, -0.2) is 0 Å². The van der Waals surface area contributed by atoms with Crippen LogP contribution in [-0.4, -0.2) is 42.8 Å². The number of carbonyl (C=O) groups excluding carboxylic acids is 1. The number of rotatable bonds is 7. The van der Waals surface area contributed by atoms with Crippen LogP contribution in [-0.2, 0) is 22.5 Å². The van der Waals surface area contributed by atoms with Crippen molar-refractivity contribution < 1.29 is 9.53 Å². The first-order chi connectivity index (χ1) is 15.8. The zero-order valence-corrected chi connectivity index (χ0v) is 23.0. The van der Waals surface area contributed by atoms with Gasteiger partial charge in [-0.3, -0.25) is 4.79 Å². The molecular weight excluding hydrogens is 422 g/mol. The Morgan fingerprint density at radius 1 is 1.09 bits per heavy atom. The van der Waals surface area contributed by atoms with Crippen molar-refractivity contribution >= 4 is 22.5 Å². The predicted molar refractivity (Wildman–Crippen MR) is 144 cm³/mol. The fourth-order valence-corrected chi connectivity index (χ4v) is 4.89. The van der Waals surface area contributed by atoms with Crippen molar-refractivity contribution in [2.24, 2.45) is 16.7 Å². The van der Waals surface area contributed by atoms with Crippen molar-refractivity contribution in [3.63, 3.8) is 0 Å². The highest BCUT2D eigenvalue weighted by molar-refractivity contribution is 5.98. The molecule has 1 N–H and O–H groups in total. The Hall–Kier alpha value is -2.01. The number of aryl methyl sites for hydroxylation is 1. The third-order valence-corrected chi connectivity index (χ3v) is 6.89. The highest BCUT2D eigenvalue weighted by Crippen LogP contribution is 2.35. The molecule has 0 spiro atoms. The molecule has 0 aliphatic carbocycles. The number of anilines is 1. The van der Waals surface area contributed by atoms with Gasteiger partial charge in [-0.05, 0) is 53.7 Å². The molecule has 0 fully saturated rings. The number of hydrogen-bond donors (Lipinski definition) is 1. The quantitative estimate of drug-likeness (QED) is 0.504. The lowest BCUT2D eigenvalue weighted by Crippen LogP contribution is -2.52. The van der Waals surface area contributed by atoms with Gasteiger partial charge in [0.05, 0.1) is 18.2 Å². The smallest absolute Gasteiger partial charge is 0.243 e. The van der Waals surface area contributed by atoms with Gasteiger partial charge in [-0.2, -0.15) is 0 Å². The number of amides is 1. The number of nitrogens with zero attached hydrogens (tertiary/aromatic N) is 2. The van der Waals surface area contributed by atoms with E-state index in [0.717, 1.165) is 31.5 Å². The van der Waals surface area contributed by atoms with Gasteiger partial charge in [-0.15, -0.1) is 0 Å². The average molecular weight is 470 g/mol. The molecule has 1 aliphatic heterocycles. The van der Waals surface area contributed by atoms with Crippen molar-refractivity contribution in [1.82, 2.24) is 9.88 Å². The molecule has 1 aliphatic rings. The van der Waals surface area contributed by atoms with E-state index in [2.05, 4.69) is 102 Å². The molecule has 1 aromatic heterocycles. The molecule has 5 nitrogen and oxygen atoms in total. The highest BCUT2D eigenvalue weighted by atomic mass is 16.5. The topological polar surface area (TPSA) is 46.5 Å². The summed E-state index contributed by atoms with van der Waals surface area (Å²) in [5.41, 5.74) is 4.21. The number of benzene rings is 1. The van der Waals surface area contributed by atoms with Gasteiger partial charge in [0.1, 0.15) is 6.04 Å². The van der Waals surface area contributed by atoms with Gasteiger partial charge in [0.2, 0.25) is 5.91 Å². The Morgan fingerprint density at radius 3 is 2.38 bits per heavy atom. The van der Waals surface area contributed by atoms with Gasteiger partial charge < -0.3 is 19.5 Å². The largest absolute Gasteiger partial charge is 0.379 e. The molecule has 0 saturated heterocycles. The van der Waals surface area contributed by atoms with E-state index in [1.54, 1.807) is 0 Å². The number of likely N-dealkylation sites (N-methyl/N-ethyl adjacent to an activating group) is 1. The maximum Gasteiger partial charge on any atom is 0.243 e. The summed E-state index contributed by atoms with van der Waals surface area (Å²) in [6, 6.07) is 6.25. The second-order valence-corrected chi connectivity index (χ2v) is 12.9. The molecule has 0 saturated carbocycles. The molecule has 2 atom stereocenters. The van der Waals surface area contributed by atoms with Crippen molar-refractivity contribution in [1.29, 1.82) is 0 Å². The van der Waals surface area contributed by atoms with Crippen LogP contribution < -0.4 is 10.2 Å². The van der Waals surface area contributed by atoms with Crippen LogP contribution in [0.5, 0.6) is 0 Å². The number of aromatic nitrogens is 1. The molecule has 0 bridgehead atoms. The number of ether oxygens (including phenoxy) is 1. The molecule has 0 unspecified atom stereocenters. The first-order valence-electron chi connectivity index (χ1n) is 13.0. The van der Waals surface area contributed by atoms with Gasteiger partial charge in [0.25, 0.3) is 0 Å². The first-order valence-corrected chi connectivity index (χ1v) is 13.0.